The zero-order chi connectivity index (χ0) is 19.0. The number of likely N-dealkylation sites (tertiary alicyclic amines) is 1. The second-order valence-corrected chi connectivity index (χ2v) is 8.05. The van der Waals surface area contributed by atoms with Crippen molar-refractivity contribution in [1.82, 2.24) is 15.5 Å². The van der Waals surface area contributed by atoms with E-state index in [4.69, 9.17) is 9.47 Å². The first-order valence-electron chi connectivity index (χ1n) is 10.7. The number of hydrogen-bond acceptors (Lipinski definition) is 5. The van der Waals surface area contributed by atoms with Crippen molar-refractivity contribution in [3.8, 4) is 11.5 Å². The molecule has 1 aromatic rings. The van der Waals surface area contributed by atoms with Gasteiger partial charge in [0.25, 0.3) is 0 Å². The maximum Gasteiger partial charge on any atom is 0.161 e. The number of nitrogens with zero attached hydrogens (tertiary/aromatic N) is 1. The molecule has 0 atom stereocenters. The zero-order valence-corrected chi connectivity index (χ0v) is 17.2. The van der Waals surface area contributed by atoms with Crippen LogP contribution in [0.2, 0.25) is 0 Å². The second-order valence-electron chi connectivity index (χ2n) is 8.05. The lowest BCUT2D eigenvalue weighted by atomic mass is 9.86. The van der Waals surface area contributed by atoms with Gasteiger partial charge in [-0.05, 0) is 37.0 Å². The molecule has 0 unspecified atom stereocenters. The first-order chi connectivity index (χ1) is 13.2. The third kappa shape index (κ3) is 5.84. The van der Waals surface area contributed by atoms with E-state index < -0.39 is 0 Å². The van der Waals surface area contributed by atoms with Gasteiger partial charge in [-0.2, -0.15) is 0 Å². The summed E-state index contributed by atoms with van der Waals surface area (Å²) in [5.74, 6) is 1.72. The van der Waals surface area contributed by atoms with Crippen molar-refractivity contribution in [3.05, 3.63) is 23.8 Å². The highest BCUT2D eigenvalue weighted by Gasteiger charge is 2.35. The molecule has 1 spiro atoms. The number of unbranched alkanes of at least 4 members (excludes halogenated alkanes) is 3. The summed E-state index contributed by atoms with van der Waals surface area (Å²) in [4.78, 5) is 2.56. The Hall–Kier alpha value is -1.30. The van der Waals surface area contributed by atoms with E-state index in [1.54, 1.807) is 7.11 Å². The summed E-state index contributed by atoms with van der Waals surface area (Å²) in [6, 6.07) is 6.41. The van der Waals surface area contributed by atoms with Crippen molar-refractivity contribution in [1.29, 1.82) is 0 Å². The molecule has 1 aromatic carbocycles. The number of nitrogens with one attached hydrogen (secondary N) is 2. The van der Waals surface area contributed by atoms with E-state index in [0.29, 0.717) is 5.54 Å². The van der Waals surface area contributed by atoms with E-state index >= 15 is 0 Å². The molecule has 3 rings (SSSR count). The third-order valence-corrected chi connectivity index (χ3v) is 5.97. The molecule has 152 valence electrons. The van der Waals surface area contributed by atoms with E-state index in [0.717, 1.165) is 63.8 Å². The lowest BCUT2D eigenvalue weighted by molar-refractivity contribution is 0.116. The van der Waals surface area contributed by atoms with E-state index in [1.165, 1.54) is 37.7 Å². The molecule has 0 radical (unpaired) electrons. The number of piperidine rings is 1. The van der Waals surface area contributed by atoms with Gasteiger partial charge in [0.05, 0.1) is 13.7 Å². The molecule has 0 bridgehead atoms. The van der Waals surface area contributed by atoms with E-state index in [9.17, 15) is 0 Å². The SMILES string of the molecule is CCCCCCOc1ccc(CN2CCC3(CC2)CNCCN3)cc1OC. The summed E-state index contributed by atoms with van der Waals surface area (Å²) in [7, 11) is 1.73. The molecular weight excluding hydrogens is 338 g/mol. The second kappa shape index (κ2) is 10.3. The average Bonchev–Trinajstić information content (AvgIpc) is 2.71. The first-order valence-corrected chi connectivity index (χ1v) is 10.7. The highest BCUT2D eigenvalue weighted by atomic mass is 16.5. The number of methoxy groups -OCH3 is 1. The highest BCUT2D eigenvalue weighted by molar-refractivity contribution is 5.43. The van der Waals surface area contributed by atoms with E-state index in [-0.39, 0.29) is 0 Å². The first kappa shape index (κ1) is 20.4. The summed E-state index contributed by atoms with van der Waals surface area (Å²) in [5, 5.41) is 7.30. The Morgan fingerprint density at radius 1 is 1.07 bits per heavy atom. The molecule has 2 saturated heterocycles. The van der Waals surface area contributed by atoms with Crippen LogP contribution < -0.4 is 20.1 Å². The number of hydrogen-bond donors (Lipinski definition) is 2. The topological polar surface area (TPSA) is 45.8 Å². The summed E-state index contributed by atoms with van der Waals surface area (Å²) >= 11 is 0. The van der Waals surface area contributed by atoms with Crippen molar-refractivity contribution in [2.24, 2.45) is 0 Å². The molecule has 2 aliphatic heterocycles. The highest BCUT2D eigenvalue weighted by Crippen LogP contribution is 2.30. The van der Waals surface area contributed by atoms with Crippen LogP contribution in [0.15, 0.2) is 18.2 Å². The Kier molecular flexibility index (Phi) is 7.80. The molecule has 2 heterocycles. The Bertz CT molecular complexity index is 563. The van der Waals surface area contributed by atoms with Gasteiger partial charge in [-0.25, -0.2) is 0 Å². The number of piperazine rings is 1. The standard InChI is InChI=1S/C22H37N3O2/c1-3-4-5-6-15-27-20-8-7-19(16-21(20)26-2)17-25-13-9-22(10-14-25)18-23-11-12-24-22/h7-8,16,23-24H,3-6,9-15,17-18H2,1-2H3. The van der Waals surface area contributed by atoms with Gasteiger partial charge in [0.2, 0.25) is 0 Å². The maximum atomic E-state index is 5.94. The molecule has 5 heteroatoms. The van der Waals surface area contributed by atoms with Crippen LogP contribution in [0.4, 0.5) is 0 Å². The van der Waals surface area contributed by atoms with Crippen molar-refractivity contribution in [2.45, 2.75) is 57.5 Å². The van der Waals surface area contributed by atoms with E-state index in [1.807, 2.05) is 0 Å². The lowest BCUT2D eigenvalue weighted by Gasteiger charge is -2.45. The molecule has 0 aliphatic carbocycles. The molecule has 0 saturated carbocycles. The van der Waals surface area contributed by atoms with Crippen molar-refractivity contribution in [3.63, 3.8) is 0 Å². The van der Waals surface area contributed by atoms with Crippen LogP contribution in [0.25, 0.3) is 0 Å². The van der Waals surface area contributed by atoms with Gasteiger partial charge in [0.1, 0.15) is 0 Å². The monoisotopic (exact) mass is 375 g/mol. The Balaban J connectivity index is 1.49. The summed E-state index contributed by atoms with van der Waals surface area (Å²) in [6.45, 7) is 9.57. The largest absolute Gasteiger partial charge is 0.493 e. The van der Waals surface area contributed by atoms with Gasteiger partial charge in [-0.1, -0.05) is 32.3 Å². The van der Waals surface area contributed by atoms with Crippen molar-refractivity contribution >= 4 is 0 Å². The minimum Gasteiger partial charge on any atom is -0.493 e. The fourth-order valence-electron chi connectivity index (χ4n) is 4.20. The van der Waals surface area contributed by atoms with Crippen molar-refractivity contribution in [2.75, 3.05) is 46.4 Å². The van der Waals surface area contributed by atoms with Gasteiger partial charge < -0.3 is 20.1 Å². The molecule has 0 aromatic heterocycles. The maximum absolute atomic E-state index is 5.94. The molecular formula is C22H37N3O2. The minimum atomic E-state index is 0.321. The fourth-order valence-corrected chi connectivity index (χ4v) is 4.20. The molecule has 2 fully saturated rings. The number of rotatable bonds is 9. The van der Waals surface area contributed by atoms with Crippen LogP contribution in [-0.2, 0) is 6.54 Å². The number of ether oxygens (including phenoxy) is 2. The van der Waals surface area contributed by atoms with Gasteiger partial charge in [0.15, 0.2) is 11.5 Å². The van der Waals surface area contributed by atoms with Crippen LogP contribution in [-0.4, -0.2) is 56.9 Å². The van der Waals surface area contributed by atoms with Gasteiger partial charge in [0, 0.05) is 44.8 Å². The Morgan fingerprint density at radius 3 is 2.63 bits per heavy atom. The molecule has 2 aliphatic rings. The average molecular weight is 376 g/mol. The van der Waals surface area contributed by atoms with Gasteiger partial charge in [-0.15, -0.1) is 0 Å². The third-order valence-electron chi connectivity index (χ3n) is 5.97. The van der Waals surface area contributed by atoms with Gasteiger partial charge in [-0.3, -0.25) is 4.90 Å². The van der Waals surface area contributed by atoms with Crippen LogP contribution in [0.3, 0.4) is 0 Å². The van der Waals surface area contributed by atoms with Crippen LogP contribution in [0.1, 0.15) is 51.0 Å². The van der Waals surface area contributed by atoms with Crippen LogP contribution in [0, 0.1) is 0 Å². The van der Waals surface area contributed by atoms with Crippen LogP contribution >= 0.6 is 0 Å². The minimum absolute atomic E-state index is 0.321. The van der Waals surface area contributed by atoms with E-state index in [2.05, 4.69) is 40.7 Å². The summed E-state index contributed by atoms with van der Waals surface area (Å²) < 4.78 is 11.5. The zero-order valence-electron chi connectivity index (χ0n) is 17.2. The lowest BCUT2D eigenvalue weighted by Crippen LogP contribution is -2.63. The van der Waals surface area contributed by atoms with Crippen LogP contribution in [0.5, 0.6) is 11.5 Å². The summed E-state index contributed by atoms with van der Waals surface area (Å²) in [6.07, 6.45) is 7.31. The molecule has 0 amide bonds. The smallest absolute Gasteiger partial charge is 0.161 e. The summed E-state index contributed by atoms with van der Waals surface area (Å²) in [5.41, 5.74) is 1.62. The molecule has 2 N–H and O–H groups in total. The molecule has 5 nitrogen and oxygen atoms in total. The predicted octanol–water partition coefficient (Wildman–Crippen LogP) is 3.18. The normalized spacial score (nSPS) is 19.9. The Morgan fingerprint density at radius 2 is 1.93 bits per heavy atom. The Labute approximate surface area is 164 Å². The quantitative estimate of drug-likeness (QED) is 0.649. The van der Waals surface area contributed by atoms with Crippen molar-refractivity contribution < 1.29 is 9.47 Å². The molecule has 27 heavy (non-hydrogen) atoms. The number of benzene rings is 1. The fraction of sp³-hybridized carbons (Fsp3) is 0.727. The predicted molar refractivity (Wildman–Crippen MR) is 111 cm³/mol. The van der Waals surface area contributed by atoms with Gasteiger partial charge >= 0.3 is 0 Å².